The Labute approximate surface area is 213 Å². The highest BCUT2D eigenvalue weighted by Gasteiger charge is 2.33. The lowest BCUT2D eigenvalue weighted by molar-refractivity contribution is -0.201. The quantitative estimate of drug-likeness (QED) is 0.449. The van der Waals surface area contributed by atoms with Gasteiger partial charge in [0, 0.05) is 18.7 Å². The minimum atomic E-state index is -0.711. The fraction of sp³-hybridized carbons (Fsp3) is 0.333. The Kier molecular flexibility index (Phi) is 9.25. The molecule has 1 aliphatic heterocycles. The van der Waals surface area contributed by atoms with E-state index in [0.717, 1.165) is 24.0 Å². The van der Waals surface area contributed by atoms with Crippen LogP contribution in [0.2, 0.25) is 0 Å². The number of rotatable bonds is 9. The minimum Gasteiger partial charge on any atom is -0.343 e. The maximum atomic E-state index is 13.6. The van der Waals surface area contributed by atoms with Crippen LogP contribution < -0.4 is 10.6 Å². The topological polar surface area (TPSA) is 70.7 Å². The van der Waals surface area contributed by atoms with Gasteiger partial charge in [0.25, 0.3) is 0 Å². The van der Waals surface area contributed by atoms with E-state index in [1.807, 2.05) is 96.1 Å². The zero-order valence-electron chi connectivity index (χ0n) is 20.8. The standard InChI is InChI=1S/C30H35N3O3/c1-23-12-11-19-28(33(21-23)36-22-25-15-7-3-8-16-25)30(35)32-27(20-24-13-5-2-6-14-24)29(34)31-26-17-9-4-10-18-26/h2-10,13-18,23,27-28H,11-12,19-22H2,1H3,(H,31,34)(H,32,35)/t23?,27-,28?/m0/s1. The average Bonchev–Trinajstić information content (AvgIpc) is 3.09. The molecule has 0 saturated carbocycles. The van der Waals surface area contributed by atoms with Crippen LogP contribution in [0.5, 0.6) is 0 Å². The monoisotopic (exact) mass is 485 g/mol. The van der Waals surface area contributed by atoms with Crippen LogP contribution in [0.15, 0.2) is 91.0 Å². The zero-order valence-corrected chi connectivity index (χ0v) is 20.8. The Morgan fingerprint density at radius 1 is 0.889 bits per heavy atom. The molecule has 1 aliphatic rings. The predicted molar refractivity (Wildman–Crippen MR) is 142 cm³/mol. The van der Waals surface area contributed by atoms with Crippen LogP contribution in [0, 0.1) is 5.92 Å². The average molecular weight is 486 g/mol. The lowest BCUT2D eigenvalue weighted by Crippen LogP contribution is -2.53. The van der Waals surface area contributed by atoms with Crippen LogP contribution in [0.1, 0.15) is 37.3 Å². The van der Waals surface area contributed by atoms with Gasteiger partial charge in [-0.25, -0.2) is 0 Å². The van der Waals surface area contributed by atoms with E-state index >= 15 is 0 Å². The Morgan fingerprint density at radius 2 is 1.50 bits per heavy atom. The molecule has 4 rings (SSSR count). The first-order chi connectivity index (χ1) is 17.6. The van der Waals surface area contributed by atoms with Crippen molar-refractivity contribution in [2.45, 2.75) is 51.3 Å². The van der Waals surface area contributed by atoms with E-state index in [4.69, 9.17) is 4.84 Å². The van der Waals surface area contributed by atoms with Crippen LogP contribution in [0.4, 0.5) is 5.69 Å². The van der Waals surface area contributed by atoms with Crippen LogP contribution in [-0.2, 0) is 27.5 Å². The molecule has 188 valence electrons. The molecule has 36 heavy (non-hydrogen) atoms. The zero-order chi connectivity index (χ0) is 25.2. The van der Waals surface area contributed by atoms with Gasteiger partial charge in [-0.05, 0) is 42.0 Å². The molecular formula is C30H35N3O3. The molecule has 3 atom stereocenters. The summed E-state index contributed by atoms with van der Waals surface area (Å²) in [5, 5.41) is 7.83. The molecule has 0 radical (unpaired) electrons. The molecule has 0 bridgehead atoms. The summed E-state index contributed by atoms with van der Waals surface area (Å²) in [6, 6.07) is 27.9. The van der Waals surface area contributed by atoms with Crippen molar-refractivity contribution in [2.75, 3.05) is 11.9 Å². The van der Waals surface area contributed by atoms with Gasteiger partial charge in [0.2, 0.25) is 11.8 Å². The first-order valence-electron chi connectivity index (χ1n) is 12.7. The van der Waals surface area contributed by atoms with E-state index in [0.29, 0.717) is 37.6 Å². The number of carbonyl (C=O) groups excluding carboxylic acids is 2. The summed E-state index contributed by atoms with van der Waals surface area (Å²) in [7, 11) is 0. The highest BCUT2D eigenvalue weighted by Crippen LogP contribution is 2.23. The van der Waals surface area contributed by atoms with Gasteiger partial charge in [0.05, 0.1) is 6.61 Å². The Balaban J connectivity index is 1.49. The van der Waals surface area contributed by atoms with Gasteiger partial charge in [0.15, 0.2) is 0 Å². The van der Waals surface area contributed by atoms with E-state index in [2.05, 4.69) is 17.6 Å². The van der Waals surface area contributed by atoms with Gasteiger partial charge in [-0.2, -0.15) is 5.06 Å². The van der Waals surface area contributed by atoms with Gasteiger partial charge >= 0.3 is 0 Å². The van der Waals surface area contributed by atoms with Crippen LogP contribution >= 0.6 is 0 Å². The Bertz CT molecular complexity index is 1090. The summed E-state index contributed by atoms with van der Waals surface area (Å²) in [5.41, 5.74) is 2.74. The number of hydrogen-bond donors (Lipinski definition) is 2. The first kappa shape index (κ1) is 25.6. The second kappa shape index (κ2) is 13.0. The molecule has 1 saturated heterocycles. The summed E-state index contributed by atoms with van der Waals surface area (Å²) in [4.78, 5) is 33.1. The van der Waals surface area contributed by atoms with Gasteiger partial charge in [-0.15, -0.1) is 0 Å². The fourth-order valence-corrected chi connectivity index (χ4v) is 4.54. The van der Waals surface area contributed by atoms with Crippen molar-refractivity contribution < 1.29 is 14.4 Å². The summed E-state index contributed by atoms with van der Waals surface area (Å²) in [5.74, 6) is -0.00137. The fourth-order valence-electron chi connectivity index (χ4n) is 4.54. The van der Waals surface area contributed by atoms with Crippen molar-refractivity contribution in [1.82, 2.24) is 10.4 Å². The second-order valence-corrected chi connectivity index (χ2v) is 9.52. The van der Waals surface area contributed by atoms with Crippen molar-refractivity contribution in [2.24, 2.45) is 5.92 Å². The number of benzene rings is 3. The number of amides is 2. The number of nitrogens with one attached hydrogen (secondary N) is 2. The van der Waals surface area contributed by atoms with Crippen LogP contribution in [0.25, 0.3) is 0 Å². The molecule has 2 unspecified atom stereocenters. The molecule has 3 aromatic rings. The SMILES string of the molecule is CC1CCCC(C(=O)N[C@@H](Cc2ccccc2)C(=O)Nc2ccccc2)N(OCc2ccccc2)C1. The normalized spacial score (nSPS) is 19.1. The highest BCUT2D eigenvalue weighted by molar-refractivity contribution is 5.98. The third kappa shape index (κ3) is 7.51. The third-order valence-corrected chi connectivity index (χ3v) is 6.51. The minimum absolute atomic E-state index is 0.179. The van der Waals surface area contributed by atoms with E-state index in [1.54, 1.807) is 0 Å². The molecule has 0 aromatic heterocycles. The molecule has 0 aliphatic carbocycles. The molecule has 2 amide bonds. The first-order valence-corrected chi connectivity index (χ1v) is 12.7. The lowest BCUT2D eigenvalue weighted by Gasteiger charge is -2.30. The smallest absolute Gasteiger partial charge is 0.247 e. The molecule has 6 nitrogen and oxygen atoms in total. The van der Waals surface area contributed by atoms with Gasteiger partial charge in [-0.3, -0.25) is 14.4 Å². The number of anilines is 1. The van der Waals surface area contributed by atoms with Crippen molar-refractivity contribution in [3.63, 3.8) is 0 Å². The largest absolute Gasteiger partial charge is 0.343 e. The van der Waals surface area contributed by atoms with Crippen molar-refractivity contribution in [3.05, 3.63) is 102 Å². The van der Waals surface area contributed by atoms with E-state index in [-0.39, 0.29) is 11.8 Å². The van der Waals surface area contributed by atoms with E-state index < -0.39 is 12.1 Å². The number of para-hydroxylation sites is 1. The second-order valence-electron chi connectivity index (χ2n) is 9.52. The number of carbonyl (C=O) groups is 2. The summed E-state index contributed by atoms with van der Waals surface area (Å²) < 4.78 is 0. The van der Waals surface area contributed by atoms with Crippen LogP contribution in [-0.4, -0.2) is 35.5 Å². The highest BCUT2D eigenvalue weighted by atomic mass is 16.7. The maximum Gasteiger partial charge on any atom is 0.247 e. The number of nitrogens with zero attached hydrogens (tertiary/aromatic N) is 1. The third-order valence-electron chi connectivity index (χ3n) is 6.51. The van der Waals surface area contributed by atoms with Crippen molar-refractivity contribution in [3.8, 4) is 0 Å². The number of hydrogen-bond acceptors (Lipinski definition) is 4. The van der Waals surface area contributed by atoms with Gasteiger partial charge < -0.3 is 10.6 Å². The molecule has 2 N–H and O–H groups in total. The van der Waals surface area contributed by atoms with Gasteiger partial charge in [-0.1, -0.05) is 92.2 Å². The summed E-state index contributed by atoms with van der Waals surface area (Å²) in [6.07, 6.45) is 3.06. The molecule has 6 heteroatoms. The maximum absolute atomic E-state index is 13.6. The molecule has 1 fully saturated rings. The summed E-state index contributed by atoms with van der Waals surface area (Å²) in [6.45, 7) is 3.26. The van der Waals surface area contributed by atoms with Crippen molar-refractivity contribution >= 4 is 17.5 Å². The van der Waals surface area contributed by atoms with Gasteiger partial charge in [0.1, 0.15) is 12.1 Å². The van der Waals surface area contributed by atoms with E-state index in [1.165, 1.54) is 0 Å². The van der Waals surface area contributed by atoms with Crippen LogP contribution in [0.3, 0.4) is 0 Å². The van der Waals surface area contributed by atoms with Crippen molar-refractivity contribution in [1.29, 1.82) is 0 Å². The van der Waals surface area contributed by atoms with E-state index in [9.17, 15) is 9.59 Å². The lowest BCUT2D eigenvalue weighted by atomic mass is 10.0. The Morgan fingerprint density at radius 3 is 2.17 bits per heavy atom. The number of hydroxylamine groups is 2. The Hall–Kier alpha value is -3.48. The summed E-state index contributed by atoms with van der Waals surface area (Å²) >= 11 is 0. The molecule has 3 aromatic carbocycles. The molecule has 0 spiro atoms. The molecule has 1 heterocycles. The molecular weight excluding hydrogens is 450 g/mol. The predicted octanol–water partition coefficient (Wildman–Crippen LogP) is 4.98.